The zero-order chi connectivity index (χ0) is 14.7. The second-order valence-electron chi connectivity index (χ2n) is 4.92. The minimum atomic E-state index is -0.558. The van der Waals surface area contributed by atoms with Crippen molar-refractivity contribution >= 4 is 11.6 Å². The summed E-state index contributed by atoms with van der Waals surface area (Å²) in [5, 5.41) is 20.2. The van der Waals surface area contributed by atoms with Crippen molar-refractivity contribution in [3.63, 3.8) is 0 Å². The monoisotopic (exact) mass is 273 g/mol. The maximum atomic E-state index is 12.5. The number of nitriles is 1. The number of hydrogen-bond donors (Lipinski definition) is 0. The van der Waals surface area contributed by atoms with Crippen LogP contribution in [0.3, 0.4) is 0 Å². The van der Waals surface area contributed by atoms with Crippen LogP contribution < -0.4 is 0 Å². The summed E-state index contributed by atoms with van der Waals surface area (Å²) in [5.41, 5.74) is 0.643. The quantitative estimate of drug-likeness (QED) is 0.611. The van der Waals surface area contributed by atoms with E-state index >= 15 is 0 Å². The highest BCUT2D eigenvalue weighted by atomic mass is 16.6. The molecule has 1 amide bonds. The highest BCUT2D eigenvalue weighted by Gasteiger charge is 2.31. The van der Waals surface area contributed by atoms with E-state index in [1.54, 1.807) is 13.0 Å². The number of likely N-dealkylation sites (tertiary alicyclic amines) is 1. The molecule has 0 spiro atoms. The smallest absolute Gasteiger partial charge is 0.282 e. The Morgan fingerprint density at radius 3 is 2.90 bits per heavy atom. The molecule has 0 bridgehead atoms. The molecular weight excluding hydrogens is 258 g/mol. The number of rotatable bonds is 2. The van der Waals surface area contributed by atoms with Gasteiger partial charge in [0.25, 0.3) is 11.6 Å². The summed E-state index contributed by atoms with van der Waals surface area (Å²) in [6.07, 6.45) is 2.35. The van der Waals surface area contributed by atoms with Gasteiger partial charge in [-0.25, -0.2) is 0 Å². The Morgan fingerprint density at radius 1 is 1.50 bits per heavy atom. The standard InChI is InChI=1S/C14H15N3O3/c1-10-5-6-13(17(19)20)12(8-10)14(18)16-7-3-2-4-11(16)9-15/h5-6,8,11H,2-4,7H2,1H3. The van der Waals surface area contributed by atoms with Gasteiger partial charge in [0.05, 0.1) is 11.0 Å². The van der Waals surface area contributed by atoms with Gasteiger partial charge in [0.15, 0.2) is 0 Å². The first-order valence-electron chi connectivity index (χ1n) is 6.50. The maximum absolute atomic E-state index is 12.5. The van der Waals surface area contributed by atoms with Gasteiger partial charge in [0, 0.05) is 12.6 Å². The number of aryl methyl sites for hydroxylation is 1. The second-order valence-corrected chi connectivity index (χ2v) is 4.92. The summed E-state index contributed by atoms with van der Waals surface area (Å²) < 4.78 is 0. The molecule has 1 heterocycles. The van der Waals surface area contributed by atoms with Crippen molar-refractivity contribution in [2.45, 2.75) is 32.2 Å². The molecule has 20 heavy (non-hydrogen) atoms. The molecule has 1 aromatic carbocycles. The van der Waals surface area contributed by atoms with Crippen LogP contribution in [0.2, 0.25) is 0 Å². The van der Waals surface area contributed by atoms with E-state index in [1.165, 1.54) is 17.0 Å². The molecule has 6 heteroatoms. The highest BCUT2D eigenvalue weighted by Crippen LogP contribution is 2.25. The molecular formula is C14H15N3O3. The molecule has 1 aliphatic rings. The minimum Gasteiger partial charge on any atom is -0.322 e. The highest BCUT2D eigenvalue weighted by molar-refractivity contribution is 5.98. The predicted molar refractivity (Wildman–Crippen MR) is 72.1 cm³/mol. The third-order valence-corrected chi connectivity index (χ3v) is 3.49. The van der Waals surface area contributed by atoms with Gasteiger partial charge in [-0.1, -0.05) is 6.07 Å². The van der Waals surface area contributed by atoms with E-state index in [9.17, 15) is 14.9 Å². The zero-order valence-corrected chi connectivity index (χ0v) is 11.2. The molecule has 0 N–H and O–H groups in total. The molecule has 1 aromatic rings. The van der Waals surface area contributed by atoms with Gasteiger partial charge < -0.3 is 4.90 Å². The van der Waals surface area contributed by atoms with Crippen LogP contribution in [0.25, 0.3) is 0 Å². The average Bonchev–Trinajstić information content (AvgIpc) is 2.46. The van der Waals surface area contributed by atoms with E-state index in [1.807, 2.05) is 0 Å². The van der Waals surface area contributed by atoms with Crippen LogP contribution in [0.4, 0.5) is 5.69 Å². The van der Waals surface area contributed by atoms with Crippen LogP contribution in [0.5, 0.6) is 0 Å². The van der Waals surface area contributed by atoms with Crippen molar-refractivity contribution in [1.29, 1.82) is 5.26 Å². The lowest BCUT2D eigenvalue weighted by atomic mass is 10.0. The number of nitro benzene ring substituents is 1. The topological polar surface area (TPSA) is 87.2 Å². The van der Waals surface area contributed by atoms with Crippen LogP contribution in [0, 0.1) is 28.4 Å². The molecule has 2 rings (SSSR count). The Hall–Kier alpha value is -2.42. The molecule has 0 saturated carbocycles. The number of nitrogens with zero attached hydrogens (tertiary/aromatic N) is 3. The van der Waals surface area contributed by atoms with Gasteiger partial charge in [-0.3, -0.25) is 14.9 Å². The summed E-state index contributed by atoms with van der Waals surface area (Å²) in [5.74, 6) is -0.424. The summed E-state index contributed by atoms with van der Waals surface area (Å²) in [4.78, 5) is 24.5. The number of amides is 1. The van der Waals surface area contributed by atoms with Crippen molar-refractivity contribution in [2.75, 3.05) is 6.54 Å². The van der Waals surface area contributed by atoms with Gasteiger partial charge in [-0.15, -0.1) is 0 Å². The van der Waals surface area contributed by atoms with E-state index in [-0.39, 0.29) is 11.3 Å². The molecule has 1 saturated heterocycles. The van der Waals surface area contributed by atoms with Crippen molar-refractivity contribution in [2.24, 2.45) is 0 Å². The lowest BCUT2D eigenvalue weighted by molar-refractivity contribution is -0.385. The third kappa shape index (κ3) is 2.62. The number of benzene rings is 1. The first-order chi connectivity index (χ1) is 9.54. The van der Waals surface area contributed by atoms with Crippen LogP contribution in [0.15, 0.2) is 18.2 Å². The number of piperidine rings is 1. The van der Waals surface area contributed by atoms with E-state index < -0.39 is 16.9 Å². The van der Waals surface area contributed by atoms with Gasteiger partial charge in [-0.2, -0.15) is 5.26 Å². The largest absolute Gasteiger partial charge is 0.322 e. The SMILES string of the molecule is Cc1ccc([N+](=O)[O-])c(C(=O)N2CCCCC2C#N)c1. The predicted octanol–water partition coefficient (Wildman–Crippen LogP) is 2.42. The first kappa shape index (κ1) is 14.0. The first-order valence-corrected chi connectivity index (χ1v) is 6.50. The normalized spacial score (nSPS) is 18.4. The van der Waals surface area contributed by atoms with Crippen molar-refractivity contribution < 1.29 is 9.72 Å². The van der Waals surface area contributed by atoms with Crippen LogP contribution in [-0.4, -0.2) is 28.3 Å². The van der Waals surface area contributed by atoms with Crippen LogP contribution >= 0.6 is 0 Å². The maximum Gasteiger partial charge on any atom is 0.282 e. The Balaban J connectivity index is 2.40. The Bertz CT molecular complexity index is 592. The van der Waals surface area contributed by atoms with Crippen molar-refractivity contribution in [3.05, 3.63) is 39.4 Å². The van der Waals surface area contributed by atoms with Crippen molar-refractivity contribution in [1.82, 2.24) is 4.90 Å². The van der Waals surface area contributed by atoms with Gasteiger partial charge in [-0.05, 0) is 37.8 Å². The van der Waals surface area contributed by atoms with Crippen LogP contribution in [-0.2, 0) is 0 Å². The molecule has 104 valence electrons. The Kier molecular flexibility index (Phi) is 3.99. The lowest BCUT2D eigenvalue weighted by Crippen LogP contribution is -2.43. The van der Waals surface area contributed by atoms with Crippen LogP contribution in [0.1, 0.15) is 35.2 Å². The van der Waals surface area contributed by atoms with Gasteiger partial charge in [0.1, 0.15) is 11.6 Å². The number of carbonyl (C=O) groups excluding carboxylic acids is 1. The van der Waals surface area contributed by atoms with E-state index in [0.29, 0.717) is 13.0 Å². The molecule has 1 fully saturated rings. The molecule has 1 unspecified atom stereocenters. The lowest BCUT2D eigenvalue weighted by Gasteiger charge is -2.31. The Labute approximate surface area is 116 Å². The number of hydrogen-bond acceptors (Lipinski definition) is 4. The van der Waals surface area contributed by atoms with Crippen molar-refractivity contribution in [3.8, 4) is 6.07 Å². The fourth-order valence-electron chi connectivity index (χ4n) is 2.44. The summed E-state index contributed by atoms with van der Waals surface area (Å²) >= 11 is 0. The van der Waals surface area contributed by atoms with Gasteiger partial charge >= 0.3 is 0 Å². The Morgan fingerprint density at radius 2 is 2.25 bits per heavy atom. The van der Waals surface area contributed by atoms with E-state index in [0.717, 1.165) is 18.4 Å². The third-order valence-electron chi connectivity index (χ3n) is 3.49. The number of carbonyl (C=O) groups is 1. The molecule has 0 aliphatic carbocycles. The summed E-state index contributed by atoms with van der Waals surface area (Å²) in [6, 6.07) is 6.08. The molecule has 0 radical (unpaired) electrons. The fraction of sp³-hybridized carbons (Fsp3) is 0.429. The molecule has 6 nitrogen and oxygen atoms in total. The fourth-order valence-corrected chi connectivity index (χ4v) is 2.44. The van der Waals surface area contributed by atoms with Gasteiger partial charge in [0.2, 0.25) is 0 Å². The van der Waals surface area contributed by atoms with E-state index in [2.05, 4.69) is 6.07 Å². The number of nitro groups is 1. The van der Waals surface area contributed by atoms with E-state index in [4.69, 9.17) is 5.26 Å². The molecule has 1 aliphatic heterocycles. The zero-order valence-electron chi connectivity index (χ0n) is 11.2. The molecule has 1 atom stereocenters. The average molecular weight is 273 g/mol. The minimum absolute atomic E-state index is 0.0668. The summed E-state index contributed by atoms with van der Waals surface area (Å²) in [7, 11) is 0. The second kappa shape index (κ2) is 5.70. The molecule has 0 aromatic heterocycles. The summed E-state index contributed by atoms with van der Waals surface area (Å²) in [6.45, 7) is 2.25.